The molecule has 0 unspecified atom stereocenters. The number of aryl methyl sites for hydroxylation is 1. The van der Waals surface area contributed by atoms with E-state index in [1.165, 1.54) is 16.8 Å². The van der Waals surface area contributed by atoms with Gasteiger partial charge >= 0.3 is 0 Å². The van der Waals surface area contributed by atoms with E-state index < -0.39 is 5.91 Å². The zero-order chi connectivity index (χ0) is 18.2. The van der Waals surface area contributed by atoms with Gasteiger partial charge in [0.15, 0.2) is 11.5 Å². The number of hydrazone groups is 1. The lowest BCUT2D eigenvalue weighted by molar-refractivity contribution is 0.0953. The summed E-state index contributed by atoms with van der Waals surface area (Å²) in [6.45, 7) is 2.54. The molecule has 132 valence electrons. The Hall–Kier alpha value is -3.09. The number of rotatable bonds is 7. The molecule has 1 N–H and O–H groups in total. The van der Waals surface area contributed by atoms with Crippen LogP contribution in [-0.4, -0.2) is 30.4 Å². The standard InChI is InChI=1S/C18H21N3O4/c1-4-11-25-16-13(7-5-9-15(16)24-3)12-19-20-17(22)14-8-6-10-21(2)18(14)23/h5-10,12H,4,11H2,1-3H3,(H,20,22)/b19-12-. The third-order valence-corrected chi connectivity index (χ3v) is 3.42. The average Bonchev–Trinajstić information content (AvgIpc) is 2.62. The molecule has 7 nitrogen and oxygen atoms in total. The molecule has 0 fully saturated rings. The maximum Gasteiger partial charge on any atom is 0.276 e. The van der Waals surface area contributed by atoms with Crippen molar-refractivity contribution in [1.29, 1.82) is 0 Å². The largest absolute Gasteiger partial charge is 0.493 e. The van der Waals surface area contributed by atoms with Gasteiger partial charge in [-0.15, -0.1) is 0 Å². The Kier molecular flexibility index (Phi) is 6.33. The summed E-state index contributed by atoms with van der Waals surface area (Å²) in [5.41, 5.74) is 2.66. The quantitative estimate of drug-likeness (QED) is 0.615. The van der Waals surface area contributed by atoms with Crippen molar-refractivity contribution < 1.29 is 14.3 Å². The van der Waals surface area contributed by atoms with Crippen LogP contribution in [0.5, 0.6) is 11.5 Å². The van der Waals surface area contributed by atoms with Crippen molar-refractivity contribution in [1.82, 2.24) is 9.99 Å². The van der Waals surface area contributed by atoms with E-state index in [0.717, 1.165) is 6.42 Å². The maximum atomic E-state index is 12.1. The van der Waals surface area contributed by atoms with Gasteiger partial charge in [0.25, 0.3) is 11.5 Å². The summed E-state index contributed by atoms with van der Waals surface area (Å²) >= 11 is 0. The van der Waals surface area contributed by atoms with Crippen molar-refractivity contribution in [3.05, 3.63) is 58.0 Å². The van der Waals surface area contributed by atoms with Crippen LogP contribution in [0.25, 0.3) is 0 Å². The highest BCUT2D eigenvalue weighted by Gasteiger charge is 2.11. The minimum absolute atomic E-state index is 0.0234. The number of hydrogen-bond donors (Lipinski definition) is 1. The van der Waals surface area contributed by atoms with Crippen molar-refractivity contribution in [2.75, 3.05) is 13.7 Å². The van der Waals surface area contributed by atoms with Crippen molar-refractivity contribution in [3.8, 4) is 11.5 Å². The number of ether oxygens (including phenoxy) is 2. The van der Waals surface area contributed by atoms with Crippen LogP contribution in [-0.2, 0) is 7.05 Å². The third-order valence-electron chi connectivity index (χ3n) is 3.42. The molecule has 1 aromatic carbocycles. The number of carbonyl (C=O) groups is 1. The van der Waals surface area contributed by atoms with Gasteiger partial charge in [-0.1, -0.05) is 13.0 Å². The number of hydrogen-bond acceptors (Lipinski definition) is 5. The Morgan fingerprint density at radius 1 is 1.32 bits per heavy atom. The number of nitrogens with one attached hydrogen (secondary N) is 1. The van der Waals surface area contributed by atoms with Crippen LogP contribution in [0.1, 0.15) is 29.3 Å². The van der Waals surface area contributed by atoms with Crippen LogP contribution in [0, 0.1) is 0 Å². The molecule has 2 aromatic rings. The van der Waals surface area contributed by atoms with Gasteiger partial charge in [0.2, 0.25) is 0 Å². The lowest BCUT2D eigenvalue weighted by Crippen LogP contribution is -2.29. The highest BCUT2D eigenvalue weighted by molar-refractivity contribution is 5.94. The summed E-state index contributed by atoms with van der Waals surface area (Å²) in [6.07, 6.45) is 3.89. The predicted molar refractivity (Wildman–Crippen MR) is 95.5 cm³/mol. The first-order valence-corrected chi connectivity index (χ1v) is 7.87. The molecule has 1 aromatic heterocycles. The number of amides is 1. The Balaban J connectivity index is 2.18. The summed E-state index contributed by atoms with van der Waals surface area (Å²) in [6, 6.07) is 8.46. The van der Waals surface area contributed by atoms with Crippen molar-refractivity contribution >= 4 is 12.1 Å². The van der Waals surface area contributed by atoms with Gasteiger partial charge in [-0.05, 0) is 30.7 Å². The Labute approximate surface area is 145 Å². The molecule has 2 rings (SSSR count). The van der Waals surface area contributed by atoms with Gasteiger partial charge in [0.05, 0.1) is 19.9 Å². The molecule has 0 bridgehead atoms. The van der Waals surface area contributed by atoms with E-state index in [2.05, 4.69) is 10.5 Å². The molecule has 7 heteroatoms. The second-order valence-electron chi connectivity index (χ2n) is 5.26. The van der Waals surface area contributed by atoms with Gasteiger partial charge in [0, 0.05) is 18.8 Å². The van der Waals surface area contributed by atoms with Gasteiger partial charge < -0.3 is 14.0 Å². The molecule has 1 heterocycles. The molecule has 0 aliphatic heterocycles. The molecular weight excluding hydrogens is 322 g/mol. The topological polar surface area (TPSA) is 81.9 Å². The van der Waals surface area contributed by atoms with Gasteiger partial charge in [-0.2, -0.15) is 5.10 Å². The molecular formula is C18H21N3O4. The Morgan fingerprint density at radius 2 is 2.12 bits per heavy atom. The van der Waals surface area contributed by atoms with Gasteiger partial charge in [-0.25, -0.2) is 5.43 Å². The molecule has 0 atom stereocenters. The minimum Gasteiger partial charge on any atom is -0.493 e. The first-order chi connectivity index (χ1) is 12.1. The monoisotopic (exact) mass is 343 g/mol. The number of carbonyl (C=O) groups excluding carboxylic acids is 1. The molecule has 0 aliphatic carbocycles. The van der Waals surface area contributed by atoms with E-state index in [4.69, 9.17) is 9.47 Å². The number of para-hydroxylation sites is 1. The Morgan fingerprint density at radius 3 is 2.84 bits per heavy atom. The number of pyridine rings is 1. The summed E-state index contributed by atoms with van der Waals surface area (Å²) in [5, 5.41) is 3.92. The number of benzene rings is 1. The number of nitrogens with zero attached hydrogens (tertiary/aromatic N) is 2. The average molecular weight is 343 g/mol. The van der Waals surface area contributed by atoms with Crippen molar-refractivity contribution in [2.45, 2.75) is 13.3 Å². The molecule has 0 radical (unpaired) electrons. The fourth-order valence-electron chi connectivity index (χ4n) is 2.14. The first kappa shape index (κ1) is 18.3. The molecule has 0 saturated heterocycles. The van der Waals surface area contributed by atoms with E-state index in [9.17, 15) is 9.59 Å². The zero-order valence-corrected chi connectivity index (χ0v) is 14.5. The van der Waals surface area contributed by atoms with E-state index in [1.807, 2.05) is 6.92 Å². The highest BCUT2D eigenvalue weighted by atomic mass is 16.5. The fraction of sp³-hybridized carbons (Fsp3) is 0.278. The lowest BCUT2D eigenvalue weighted by Gasteiger charge is -2.12. The van der Waals surface area contributed by atoms with E-state index >= 15 is 0 Å². The van der Waals surface area contributed by atoms with Gasteiger partial charge in [0.1, 0.15) is 5.56 Å². The van der Waals surface area contributed by atoms with Crippen LogP contribution in [0.4, 0.5) is 0 Å². The highest BCUT2D eigenvalue weighted by Crippen LogP contribution is 2.30. The zero-order valence-electron chi connectivity index (χ0n) is 14.5. The maximum absolute atomic E-state index is 12.1. The summed E-state index contributed by atoms with van der Waals surface area (Å²) in [4.78, 5) is 24.0. The lowest BCUT2D eigenvalue weighted by atomic mass is 10.2. The Bertz CT molecular complexity index is 827. The van der Waals surface area contributed by atoms with Crippen molar-refractivity contribution in [3.63, 3.8) is 0 Å². The second-order valence-corrected chi connectivity index (χ2v) is 5.26. The SMILES string of the molecule is CCCOc1c(/C=N\NC(=O)c2cccn(C)c2=O)cccc1OC. The van der Waals surface area contributed by atoms with Crippen LogP contribution in [0.15, 0.2) is 46.4 Å². The molecule has 0 aliphatic rings. The fourth-order valence-corrected chi connectivity index (χ4v) is 2.14. The van der Waals surface area contributed by atoms with Crippen LogP contribution >= 0.6 is 0 Å². The first-order valence-electron chi connectivity index (χ1n) is 7.87. The van der Waals surface area contributed by atoms with E-state index in [0.29, 0.717) is 23.7 Å². The van der Waals surface area contributed by atoms with Crippen LogP contribution in [0.2, 0.25) is 0 Å². The molecule has 1 amide bonds. The summed E-state index contributed by atoms with van der Waals surface area (Å²) in [5.74, 6) is 0.567. The van der Waals surface area contributed by atoms with Gasteiger partial charge in [-0.3, -0.25) is 9.59 Å². The van der Waals surface area contributed by atoms with E-state index in [1.54, 1.807) is 44.6 Å². The van der Waals surface area contributed by atoms with Crippen molar-refractivity contribution in [2.24, 2.45) is 12.1 Å². The van der Waals surface area contributed by atoms with Crippen LogP contribution in [0.3, 0.4) is 0 Å². The normalized spacial score (nSPS) is 10.7. The summed E-state index contributed by atoms with van der Waals surface area (Å²) in [7, 11) is 3.14. The smallest absolute Gasteiger partial charge is 0.276 e. The minimum atomic E-state index is -0.573. The molecule has 0 spiro atoms. The molecule has 25 heavy (non-hydrogen) atoms. The predicted octanol–water partition coefficient (Wildman–Crippen LogP) is 1.95. The molecule has 0 saturated carbocycles. The second kappa shape index (κ2) is 8.68. The third kappa shape index (κ3) is 4.47. The van der Waals surface area contributed by atoms with Crippen LogP contribution < -0.4 is 20.5 Å². The van der Waals surface area contributed by atoms with E-state index in [-0.39, 0.29) is 11.1 Å². The summed E-state index contributed by atoms with van der Waals surface area (Å²) < 4.78 is 12.3. The number of aromatic nitrogens is 1. The number of methoxy groups -OCH3 is 1.